The predicted molar refractivity (Wildman–Crippen MR) is 160 cm³/mol. The van der Waals surface area contributed by atoms with Crippen molar-refractivity contribution in [2.24, 2.45) is 5.73 Å². The van der Waals surface area contributed by atoms with E-state index >= 15 is 0 Å². The Kier molecular flexibility index (Phi) is 12.6. The molecule has 42 heavy (non-hydrogen) atoms. The number of carbonyl (C=O) groups excluding carboxylic acids is 4. The van der Waals surface area contributed by atoms with Crippen LogP contribution in [-0.2, 0) is 19.1 Å². The lowest BCUT2D eigenvalue weighted by Crippen LogP contribution is -2.53. The number of amides is 4. The Morgan fingerprint density at radius 1 is 1.02 bits per heavy atom. The third-order valence-corrected chi connectivity index (χ3v) is 6.41. The van der Waals surface area contributed by atoms with Crippen LogP contribution in [0.25, 0.3) is 0 Å². The maximum Gasteiger partial charge on any atom is 0.408 e. The van der Waals surface area contributed by atoms with Gasteiger partial charge in [0.2, 0.25) is 11.8 Å². The highest BCUT2D eigenvalue weighted by Crippen LogP contribution is 2.33. The number of aryl methyl sites for hydroxylation is 1. The number of alkyl carbamates (subject to hydrolysis) is 1. The number of hydrogen-bond acceptors (Lipinski definition) is 7. The van der Waals surface area contributed by atoms with E-state index in [0.717, 1.165) is 19.3 Å². The molecule has 11 heteroatoms. The molecule has 0 aliphatic heterocycles. The molecule has 2 unspecified atom stereocenters. The van der Waals surface area contributed by atoms with Crippen LogP contribution in [0.1, 0.15) is 77.0 Å². The van der Waals surface area contributed by atoms with Crippen molar-refractivity contribution < 1.29 is 33.8 Å². The number of nitrogens with one attached hydrogen (secondary N) is 2. The lowest BCUT2D eigenvalue weighted by atomic mass is 9.98. The van der Waals surface area contributed by atoms with E-state index in [1.807, 2.05) is 6.92 Å². The highest BCUT2D eigenvalue weighted by atomic mass is 16.6. The van der Waals surface area contributed by atoms with E-state index in [2.05, 4.69) is 10.6 Å². The van der Waals surface area contributed by atoms with E-state index in [0.29, 0.717) is 23.4 Å². The average Bonchev–Trinajstić information content (AvgIpc) is 2.90. The smallest absolute Gasteiger partial charge is 0.408 e. The van der Waals surface area contributed by atoms with Crippen molar-refractivity contribution in [1.29, 1.82) is 0 Å². The van der Waals surface area contributed by atoms with Crippen LogP contribution in [-0.4, -0.2) is 59.1 Å². The van der Waals surface area contributed by atoms with Crippen molar-refractivity contribution >= 4 is 29.5 Å². The fourth-order valence-electron chi connectivity index (χ4n) is 4.36. The second-order valence-electron chi connectivity index (χ2n) is 11.1. The van der Waals surface area contributed by atoms with Crippen LogP contribution >= 0.6 is 0 Å². The molecular weight excluding hydrogens is 540 g/mol. The quantitative estimate of drug-likeness (QED) is 0.237. The van der Waals surface area contributed by atoms with Gasteiger partial charge in [-0.25, -0.2) is 4.79 Å². The van der Waals surface area contributed by atoms with Crippen LogP contribution in [0.15, 0.2) is 42.5 Å². The summed E-state index contributed by atoms with van der Waals surface area (Å²) in [6, 6.07) is 8.86. The van der Waals surface area contributed by atoms with Crippen LogP contribution in [0.4, 0.5) is 10.5 Å². The fourth-order valence-corrected chi connectivity index (χ4v) is 4.36. The van der Waals surface area contributed by atoms with Gasteiger partial charge in [0, 0.05) is 17.8 Å². The summed E-state index contributed by atoms with van der Waals surface area (Å²) in [6.07, 6.45) is 1.72. The van der Waals surface area contributed by atoms with Crippen LogP contribution in [0, 0.1) is 6.92 Å². The number of rotatable bonds is 14. The Bertz CT molecular complexity index is 1220. The highest BCUT2D eigenvalue weighted by molar-refractivity contribution is 6.00. The van der Waals surface area contributed by atoms with Crippen molar-refractivity contribution in [2.45, 2.75) is 84.4 Å². The Morgan fingerprint density at radius 3 is 2.26 bits per heavy atom. The molecule has 0 fully saturated rings. The molecule has 0 saturated carbocycles. The van der Waals surface area contributed by atoms with Gasteiger partial charge in [-0.3, -0.25) is 14.4 Å². The molecule has 2 aromatic rings. The summed E-state index contributed by atoms with van der Waals surface area (Å²) in [5.41, 5.74) is 5.74. The maximum absolute atomic E-state index is 14.2. The number of carbonyl (C=O) groups is 4. The Labute approximate surface area is 247 Å². The number of nitrogens with two attached hydrogens (primary N) is 1. The van der Waals surface area contributed by atoms with Crippen molar-refractivity contribution in [3.8, 4) is 11.5 Å². The highest BCUT2D eigenvalue weighted by Gasteiger charge is 2.38. The molecule has 230 valence electrons. The van der Waals surface area contributed by atoms with Gasteiger partial charge in [-0.1, -0.05) is 44.4 Å². The second kappa shape index (κ2) is 15.6. The number of unbranched alkanes of at least 4 members (excludes halogenated alkanes) is 3. The number of benzene rings is 2. The minimum absolute atomic E-state index is 0.109. The van der Waals surface area contributed by atoms with E-state index in [-0.39, 0.29) is 17.9 Å². The summed E-state index contributed by atoms with van der Waals surface area (Å²) < 4.78 is 10.5. The van der Waals surface area contributed by atoms with E-state index < -0.39 is 47.9 Å². The molecule has 2 atom stereocenters. The zero-order valence-electron chi connectivity index (χ0n) is 25.4. The standard InChI is InChI=1S/C31H44N4O7/c1-7-8-9-10-18-35(29(39)24(19-25(32)36)34-30(40)42-31(3,4)5)26(23-13-11-12-20(2)27(23)37)28(38)33-21-14-16-22(41-6)17-15-21/h11-17,24,26,37H,7-10,18-19H2,1-6H3,(H2,32,36)(H,33,38)(H,34,40). The van der Waals surface area contributed by atoms with Gasteiger partial charge in [-0.2, -0.15) is 0 Å². The first-order valence-corrected chi connectivity index (χ1v) is 14.1. The van der Waals surface area contributed by atoms with Gasteiger partial charge >= 0.3 is 6.09 Å². The van der Waals surface area contributed by atoms with Crippen molar-refractivity contribution in [3.05, 3.63) is 53.6 Å². The Hall–Kier alpha value is -4.28. The second-order valence-corrected chi connectivity index (χ2v) is 11.1. The average molecular weight is 585 g/mol. The summed E-state index contributed by atoms with van der Waals surface area (Å²) in [4.78, 5) is 54.1. The first-order chi connectivity index (χ1) is 19.8. The van der Waals surface area contributed by atoms with E-state index in [1.54, 1.807) is 70.2 Å². The summed E-state index contributed by atoms with van der Waals surface area (Å²) in [5.74, 6) is -1.69. The molecule has 4 amide bonds. The Morgan fingerprint density at radius 2 is 1.69 bits per heavy atom. The molecule has 0 heterocycles. The molecule has 0 aliphatic carbocycles. The van der Waals surface area contributed by atoms with Crippen LogP contribution < -0.4 is 21.1 Å². The molecule has 0 aromatic heterocycles. The molecule has 5 N–H and O–H groups in total. The van der Waals surface area contributed by atoms with Gasteiger partial charge in [0.05, 0.1) is 13.5 Å². The number of phenolic OH excluding ortho intramolecular Hbond substituents is 1. The topological polar surface area (TPSA) is 160 Å². The number of para-hydroxylation sites is 1. The summed E-state index contributed by atoms with van der Waals surface area (Å²) in [5, 5.41) is 16.3. The zero-order valence-corrected chi connectivity index (χ0v) is 25.4. The molecule has 2 aromatic carbocycles. The number of nitrogens with zero attached hydrogens (tertiary/aromatic N) is 1. The molecule has 0 spiro atoms. The first kappa shape index (κ1) is 33.9. The summed E-state index contributed by atoms with van der Waals surface area (Å²) in [7, 11) is 1.53. The largest absolute Gasteiger partial charge is 0.507 e. The number of hydrogen-bond donors (Lipinski definition) is 4. The number of aromatic hydroxyl groups is 1. The maximum atomic E-state index is 14.2. The normalized spacial score (nSPS) is 12.5. The van der Waals surface area contributed by atoms with Crippen LogP contribution in [0.2, 0.25) is 0 Å². The van der Waals surface area contributed by atoms with Gasteiger partial charge in [0.1, 0.15) is 29.2 Å². The molecule has 11 nitrogen and oxygen atoms in total. The fraction of sp³-hybridized carbons (Fsp3) is 0.484. The minimum Gasteiger partial charge on any atom is -0.507 e. The number of anilines is 1. The van der Waals surface area contributed by atoms with Crippen molar-refractivity contribution in [2.75, 3.05) is 19.0 Å². The van der Waals surface area contributed by atoms with Gasteiger partial charge in [0.25, 0.3) is 5.91 Å². The Balaban J connectivity index is 2.59. The van der Waals surface area contributed by atoms with Crippen LogP contribution in [0.5, 0.6) is 11.5 Å². The zero-order chi connectivity index (χ0) is 31.4. The van der Waals surface area contributed by atoms with Crippen molar-refractivity contribution in [3.63, 3.8) is 0 Å². The lowest BCUT2D eigenvalue weighted by molar-refractivity contribution is -0.142. The molecular formula is C31H44N4O7. The van der Waals surface area contributed by atoms with Crippen LogP contribution in [0.3, 0.4) is 0 Å². The number of phenols is 1. The molecule has 0 radical (unpaired) electrons. The van der Waals surface area contributed by atoms with E-state index in [4.69, 9.17) is 15.2 Å². The molecule has 2 rings (SSSR count). The summed E-state index contributed by atoms with van der Waals surface area (Å²) in [6.45, 7) is 8.84. The van der Waals surface area contributed by atoms with Crippen molar-refractivity contribution in [1.82, 2.24) is 10.2 Å². The van der Waals surface area contributed by atoms with Gasteiger partial charge in [-0.15, -0.1) is 0 Å². The molecule has 0 aliphatic rings. The van der Waals surface area contributed by atoms with E-state index in [9.17, 15) is 24.3 Å². The van der Waals surface area contributed by atoms with Gasteiger partial charge in [-0.05, 0) is 63.9 Å². The monoisotopic (exact) mass is 584 g/mol. The number of methoxy groups -OCH3 is 1. The predicted octanol–water partition coefficient (Wildman–Crippen LogP) is 4.57. The van der Waals surface area contributed by atoms with Gasteiger partial charge < -0.3 is 35.8 Å². The number of ether oxygens (including phenoxy) is 2. The SMILES string of the molecule is CCCCCCN(C(=O)C(CC(N)=O)NC(=O)OC(C)(C)C)C(C(=O)Nc1ccc(OC)cc1)c1cccc(C)c1O. The van der Waals surface area contributed by atoms with E-state index in [1.165, 1.54) is 12.0 Å². The lowest BCUT2D eigenvalue weighted by Gasteiger charge is -2.34. The van der Waals surface area contributed by atoms with Gasteiger partial charge in [0.15, 0.2) is 0 Å². The number of primary amides is 1. The first-order valence-electron chi connectivity index (χ1n) is 14.1. The molecule has 0 bridgehead atoms. The third-order valence-electron chi connectivity index (χ3n) is 6.41. The molecule has 0 saturated heterocycles. The summed E-state index contributed by atoms with van der Waals surface area (Å²) >= 11 is 0. The minimum atomic E-state index is -1.41. The third kappa shape index (κ3) is 10.3.